The van der Waals surface area contributed by atoms with Gasteiger partial charge in [-0.25, -0.2) is 4.79 Å². The van der Waals surface area contributed by atoms with Crippen molar-refractivity contribution in [1.29, 1.82) is 0 Å². The molecule has 0 aliphatic heterocycles. The second-order valence-electron chi connectivity index (χ2n) is 11.7. The van der Waals surface area contributed by atoms with E-state index in [9.17, 15) is 14.4 Å². The molecule has 0 bridgehead atoms. The van der Waals surface area contributed by atoms with E-state index in [-0.39, 0.29) is 17.8 Å². The molecular weight excluding hydrogens is 556 g/mol. The van der Waals surface area contributed by atoms with Gasteiger partial charge < -0.3 is 24.8 Å². The van der Waals surface area contributed by atoms with Crippen LogP contribution in [0, 0.1) is 0 Å². The Bertz CT molecular complexity index is 835. The molecule has 8 heteroatoms. The minimum Gasteiger partial charge on any atom is -0.493 e. The molecule has 0 aliphatic carbocycles. The third-order valence-electron chi connectivity index (χ3n) is 7.44. The predicted octanol–water partition coefficient (Wildman–Crippen LogP) is 8.31. The van der Waals surface area contributed by atoms with Crippen molar-refractivity contribution in [3.05, 3.63) is 23.8 Å². The van der Waals surface area contributed by atoms with Gasteiger partial charge >= 0.3 is 5.97 Å². The van der Waals surface area contributed by atoms with E-state index in [0.717, 1.165) is 96.6 Å². The number of ether oxygens (including phenoxy) is 3. The summed E-state index contributed by atoms with van der Waals surface area (Å²) in [6.45, 7) is 9.38. The van der Waals surface area contributed by atoms with Crippen LogP contribution < -0.4 is 20.1 Å². The maximum atomic E-state index is 12.7. The summed E-state index contributed by atoms with van der Waals surface area (Å²) < 4.78 is 17.4. The van der Waals surface area contributed by atoms with Crippen molar-refractivity contribution in [2.24, 2.45) is 0 Å². The number of esters is 1. The van der Waals surface area contributed by atoms with Gasteiger partial charge in [-0.05, 0) is 69.9 Å². The number of carbonyl (C=O) groups excluding carboxylic acids is 3. The molecule has 2 amide bonds. The smallest absolute Gasteiger partial charge is 0.338 e. The first-order valence-corrected chi connectivity index (χ1v) is 17.6. The molecule has 2 N–H and O–H groups in total. The molecule has 0 aromatic heterocycles. The number of amides is 2. The summed E-state index contributed by atoms with van der Waals surface area (Å²) in [4.78, 5) is 36.7. The standard InChI is InChI=1S/C36H62N2O6/c1-4-7-10-16-23-37-34(39)21-14-12-19-25-42-32-28-31(36(41)44-27-18-9-6-3)29-33(30-32)43-26-20-13-15-22-35(40)38-24-17-11-8-5-2/h28-30H,4-27H2,1-3H3,(H,37,39)(H,38,40). The summed E-state index contributed by atoms with van der Waals surface area (Å²) in [5.41, 5.74) is 0.417. The molecule has 0 fully saturated rings. The lowest BCUT2D eigenvalue weighted by molar-refractivity contribution is -0.122. The lowest BCUT2D eigenvalue weighted by Crippen LogP contribution is -2.23. The van der Waals surface area contributed by atoms with Crippen LogP contribution >= 0.6 is 0 Å². The topological polar surface area (TPSA) is 103 Å². The molecule has 1 rings (SSSR count). The molecule has 0 radical (unpaired) electrons. The highest BCUT2D eigenvalue weighted by atomic mass is 16.5. The van der Waals surface area contributed by atoms with Crippen LogP contribution in [0.1, 0.15) is 153 Å². The molecule has 0 saturated heterocycles. The monoisotopic (exact) mass is 618 g/mol. The van der Waals surface area contributed by atoms with Gasteiger partial charge in [-0.1, -0.05) is 72.1 Å². The number of rotatable bonds is 29. The molecule has 1 aromatic carbocycles. The number of hydrogen-bond donors (Lipinski definition) is 2. The molecular formula is C36H62N2O6. The lowest BCUT2D eigenvalue weighted by atomic mass is 10.1. The van der Waals surface area contributed by atoms with E-state index >= 15 is 0 Å². The third-order valence-corrected chi connectivity index (χ3v) is 7.44. The maximum Gasteiger partial charge on any atom is 0.338 e. The first kappa shape index (κ1) is 39.3. The van der Waals surface area contributed by atoms with Crippen molar-refractivity contribution in [2.75, 3.05) is 32.9 Å². The minimum atomic E-state index is -0.377. The highest BCUT2D eigenvalue weighted by Crippen LogP contribution is 2.25. The fourth-order valence-corrected chi connectivity index (χ4v) is 4.70. The van der Waals surface area contributed by atoms with Crippen LogP contribution in [0.2, 0.25) is 0 Å². The van der Waals surface area contributed by atoms with Gasteiger partial charge in [0.1, 0.15) is 11.5 Å². The van der Waals surface area contributed by atoms with Crippen LogP contribution in [-0.2, 0) is 14.3 Å². The zero-order chi connectivity index (χ0) is 32.1. The zero-order valence-electron chi connectivity index (χ0n) is 28.2. The zero-order valence-corrected chi connectivity index (χ0v) is 28.2. The first-order chi connectivity index (χ1) is 21.5. The van der Waals surface area contributed by atoms with Crippen LogP contribution in [0.15, 0.2) is 18.2 Å². The van der Waals surface area contributed by atoms with Gasteiger partial charge in [0.15, 0.2) is 0 Å². The first-order valence-electron chi connectivity index (χ1n) is 17.6. The van der Waals surface area contributed by atoms with Crippen molar-refractivity contribution in [3.8, 4) is 11.5 Å². The summed E-state index contributed by atoms with van der Waals surface area (Å²) in [6, 6.07) is 5.23. The maximum absolute atomic E-state index is 12.7. The Balaban J connectivity index is 2.44. The molecule has 0 spiro atoms. The fraction of sp³-hybridized carbons (Fsp3) is 0.750. The van der Waals surface area contributed by atoms with Gasteiger partial charge in [0, 0.05) is 32.0 Å². The Morgan fingerprint density at radius 3 is 1.43 bits per heavy atom. The van der Waals surface area contributed by atoms with Crippen LogP contribution in [0.3, 0.4) is 0 Å². The highest BCUT2D eigenvalue weighted by molar-refractivity contribution is 5.90. The molecule has 44 heavy (non-hydrogen) atoms. The number of unbranched alkanes of at least 4 members (excludes halogenated alkanes) is 12. The second-order valence-corrected chi connectivity index (χ2v) is 11.7. The summed E-state index contributed by atoms with van der Waals surface area (Å²) >= 11 is 0. The van der Waals surface area contributed by atoms with E-state index in [1.807, 2.05) is 6.07 Å². The average Bonchev–Trinajstić information content (AvgIpc) is 3.02. The van der Waals surface area contributed by atoms with Crippen LogP contribution in [-0.4, -0.2) is 50.7 Å². The Labute approximate surface area is 267 Å². The minimum absolute atomic E-state index is 0.121. The molecule has 0 unspecified atom stereocenters. The number of hydrogen-bond acceptors (Lipinski definition) is 6. The van der Waals surface area contributed by atoms with E-state index in [0.29, 0.717) is 49.7 Å². The fourth-order valence-electron chi connectivity index (χ4n) is 4.70. The molecule has 8 nitrogen and oxygen atoms in total. The number of benzene rings is 1. The van der Waals surface area contributed by atoms with Crippen molar-refractivity contribution >= 4 is 17.8 Å². The predicted molar refractivity (Wildman–Crippen MR) is 178 cm³/mol. The highest BCUT2D eigenvalue weighted by Gasteiger charge is 2.12. The van der Waals surface area contributed by atoms with E-state index < -0.39 is 0 Å². The summed E-state index contributed by atoms with van der Waals surface area (Å²) in [7, 11) is 0. The molecule has 252 valence electrons. The van der Waals surface area contributed by atoms with Gasteiger partial charge in [0.2, 0.25) is 11.8 Å². The SMILES string of the molecule is CCCCCCNC(=O)CCCCCOc1cc(OCCCCCC(=O)NCCCCCC)cc(C(=O)OCCCCC)c1. The van der Waals surface area contributed by atoms with Crippen molar-refractivity contribution in [3.63, 3.8) is 0 Å². The Hall–Kier alpha value is -2.77. The van der Waals surface area contributed by atoms with Crippen LogP contribution in [0.4, 0.5) is 0 Å². The van der Waals surface area contributed by atoms with Crippen LogP contribution in [0.25, 0.3) is 0 Å². The molecule has 1 aromatic rings. The molecule has 0 saturated carbocycles. The second kappa shape index (κ2) is 27.8. The van der Waals surface area contributed by atoms with E-state index in [2.05, 4.69) is 31.4 Å². The third kappa shape index (κ3) is 21.8. The van der Waals surface area contributed by atoms with Gasteiger partial charge in [0.05, 0.1) is 25.4 Å². The Kier molecular flexibility index (Phi) is 24.8. The summed E-state index contributed by atoms with van der Waals surface area (Å²) in [5, 5.41) is 6.01. The van der Waals surface area contributed by atoms with Crippen molar-refractivity contribution < 1.29 is 28.6 Å². The van der Waals surface area contributed by atoms with E-state index in [1.165, 1.54) is 25.7 Å². The van der Waals surface area contributed by atoms with E-state index in [1.54, 1.807) is 12.1 Å². The lowest BCUT2D eigenvalue weighted by Gasteiger charge is -2.13. The van der Waals surface area contributed by atoms with Gasteiger partial charge in [0.25, 0.3) is 0 Å². The van der Waals surface area contributed by atoms with Crippen LogP contribution in [0.5, 0.6) is 11.5 Å². The quantitative estimate of drug-likeness (QED) is 0.0692. The van der Waals surface area contributed by atoms with Gasteiger partial charge in [-0.15, -0.1) is 0 Å². The summed E-state index contributed by atoms with van der Waals surface area (Å²) in [5.74, 6) is 1.01. The number of nitrogens with one attached hydrogen (secondary N) is 2. The van der Waals surface area contributed by atoms with Crippen molar-refractivity contribution in [2.45, 2.75) is 143 Å². The molecule has 0 atom stereocenters. The molecule has 0 heterocycles. The molecule has 0 aliphatic rings. The Morgan fingerprint density at radius 2 is 0.955 bits per heavy atom. The largest absolute Gasteiger partial charge is 0.493 e. The number of carbonyl (C=O) groups is 3. The average molecular weight is 619 g/mol. The van der Waals surface area contributed by atoms with Gasteiger partial charge in [-0.3, -0.25) is 9.59 Å². The summed E-state index contributed by atoms with van der Waals surface area (Å²) in [6.07, 6.45) is 18.3. The normalized spacial score (nSPS) is 10.8. The van der Waals surface area contributed by atoms with Crippen molar-refractivity contribution in [1.82, 2.24) is 10.6 Å². The van der Waals surface area contributed by atoms with E-state index in [4.69, 9.17) is 14.2 Å². The Morgan fingerprint density at radius 1 is 0.523 bits per heavy atom. The van der Waals surface area contributed by atoms with Gasteiger partial charge in [-0.2, -0.15) is 0 Å².